The maximum Gasteiger partial charge on any atom is 0.255 e. The Morgan fingerprint density at radius 1 is 1.27 bits per heavy atom. The fourth-order valence-corrected chi connectivity index (χ4v) is 1.99. The highest BCUT2D eigenvalue weighted by Crippen LogP contribution is 2.17. The summed E-state index contributed by atoms with van der Waals surface area (Å²) in [6, 6.07) is 6.21. The molecule has 122 valence electrons. The molecule has 0 aliphatic carbocycles. The normalized spacial score (nSPS) is 11.9. The summed E-state index contributed by atoms with van der Waals surface area (Å²) in [6.07, 6.45) is 0.483. The molecule has 1 aromatic carbocycles. The van der Waals surface area contributed by atoms with Crippen LogP contribution in [0.15, 0.2) is 24.3 Å². The molecule has 22 heavy (non-hydrogen) atoms. The second kappa shape index (κ2) is 9.04. The minimum Gasteiger partial charge on any atom is -0.496 e. The van der Waals surface area contributed by atoms with E-state index in [2.05, 4.69) is 10.6 Å². The Morgan fingerprint density at radius 2 is 1.95 bits per heavy atom. The van der Waals surface area contributed by atoms with Crippen molar-refractivity contribution in [1.29, 1.82) is 0 Å². The smallest absolute Gasteiger partial charge is 0.255 e. The van der Waals surface area contributed by atoms with Gasteiger partial charge in [0, 0.05) is 13.2 Å². The second-order valence-electron chi connectivity index (χ2n) is 5.26. The van der Waals surface area contributed by atoms with Crippen LogP contribution in [0.1, 0.15) is 30.6 Å². The first-order valence-corrected chi connectivity index (χ1v) is 7.33. The number of aliphatic hydroxyl groups is 1. The van der Waals surface area contributed by atoms with Gasteiger partial charge in [0.25, 0.3) is 5.91 Å². The third-order valence-corrected chi connectivity index (χ3v) is 3.22. The van der Waals surface area contributed by atoms with Gasteiger partial charge in [-0.1, -0.05) is 26.0 Å². The van der Waals surface area contributed by atoms with Crippen molar-refractivity contribution in [3.8, 4) is 5.75 Å². The number of amides is 2. The van der Waals surface area contributed by atoms with Crippen LogP contribution in [0.2, 0.25) is 0 Å². The molecule has 0 aromatic heterocycles. The number of methoxy groups -OCH3 is 1. The minimum absolute atomic E-state index is 0.0141. The molecule has 0 spiro atoms. The highest BCUT2D eigenvalue weighted by Gasteiger charge is 2.25. The molecule has 1 rings (SSSR count). The van der Waals surface area contributed by atoms with Gasteiger partial charge in [-0.2, -0.15) is 0 Å². The molecule has 0 saturated heterocycles. The van der Waals surface area contributed by atoms with Gasteiger partial charge in [-0.15, -0.1) is 0 Å². The molecular weight excluding hydrogens is 284 g/mol. The van der Waals surface area contributed by atoms with E-state index in [1.54, 1.807) is 24.3 Å². The number of rotatable bonds is 8. The summed E-state index contributed by atoms with van der Waals surface area (Å²) < 4.78 is 5.16. The summed E-state index contributed by atoms with van der Waals surface area (Å²) in [6.45, 7) is 4.11. The first-order valence-electron chi connectivity index (χ1n) is 7.33. The number of ether oxygens (including phenoxy) is 1. The van der Waals surface area contributed by atoms with Gasteiger partial charge in [-0.05, 0) is 24.5 Å². The number of para-hydroxylation sites is 1. The highest BCUT2D eigenvalue weighted by atomic mass is 16.5. The summed E-state index contributed by atoms with van der Waals surface area (Å²) in [5, 5.41) is 14.2. The Bertz CT molecular complexity index is 503. The monoisotopic (exact) mass is 308 g/mol. The van der Waals surface area contributed by atoms with Crippen LogP contribution in [-0.2, 0) is 4.79 Å². The molecule has 0 bridgehead atoms. The van der Waals surface area contributed by atoms with Crippen LogP contribution in [-0.4, -0.2) is 43.2 Å². The molecule has 1 atom stereocenters. The summed E-state index contributed by atoms with van der Waals surface area (Å²) in [5.74, 6) is -0.212. The van der Waals surface area contributed by atoms with Crippen molar-refractivity contribution in [1.82, 2.24) is 10.6 Å². The van der Waals surface area contributed by atoms with Gasteiger partial charge in [0.05, 0.1) is 12.7 Å². The molecule has 1 aromatic rings. The molecule has 6 nitrogen and oxygen atoms in total. The van der Waals surface area contributed by atoms with Crippen LogP contribution in [0.25, 0.3) is 0 Å². The Balaban J connectivity index is 2.78. The maximum absolute atomic E-state index is 12.4. The molecule has 0 aliphatic heterocycles. The average Bonchev–Trinajstić information content (AvgIpc) is 2.52. The van der Waals surface area contributed by atoms with E-state index in [0.29, 0.717) is 24.3 Å². The van der Waals surface area contributed by atoms with Crippen molar-refractivity contribution in [3.63, 3.8) is 0 Å². The number of carbonyl (C=O) groups excluding carboxylic acids is 2. The van der Waals surface area contributed by atoms with E-state index in [9.17, 15) is 9.59 Å². The summed E-state index contributed by atoms with van der Waals surface area (Å²) in [4.78, 5) is 24.5. The first-order chi connectivity index (χ1) is 10.5. The fraction of sp³-hybridized carbons (Fsp3) is 0.500. The fourth-order valence-electron chi connectivity index (χ4n) is 1.99. The molecule has 3 N–H and O–H groups in total. The Hall–Kier alpha value is -2.08. The van der Waals surface area contributed by atoms with Gasteiger partial charge in [0.2, 0.25) is 5.91 Å². The molecule has 0 aliphatic rings. The van der Waals surface area contributed by atoms with Gasteiger partial charge in [0.15, 0.2) is 0 Å². The number of nitrogens with one attached hydrogen (secondary N) is 2. The quantitative estimate of drug-likeness (QED) is 0.624. The molecule has 0 fully saturated rings. The SMILES string of the molecule is COc1ccccc1C(=O)N[C@H](C(=O)NCCCO)C(C)C. The van der Waals surface area contributed by atoms with Crippen molar-refractivity contribution in [2.45, 2.75) is 26.3 Å². The molecule has 0 saturated carbocycles. The van der Waals surface area contributed by atoms with Crippen molar-refractivity contribution in [2.24, 2.45) is 5.92 Å². The Kier molecular flexibility index (Phi) is 7.39. The standard InChI is InChI=1S/C16H24N2O4/c1-11(2)14(16(21)17-9-6-10-19)18-15(20)12-7-4-5-8-13(12)22-3/h4-5,7-8,11,14,19H,6,9-10H2,1-3H3,(H,17,21)(H,18,20)/t14-/m0/s1. The van der Waals surface area contributed by atoms with E-state index < -0.39 is 6.04 Å². The number of benzene rings is 1. The topological polar surface area (TPSA) is 87.7 Å². The van der Waals surface area contributed by atoms with E-state index in [0.717, 1.165) is 0 Å². The van der Waals surface area contributed by atoms with Crippen LogP contribution in [0.3, 0.4) is 0 Å². The second-order valence-corrected chi connectivity index (χ2v) is 5.26. The Labute approximate surface area is 130 Å². The van der Waals surface area contributed by atoms with E-state index >= 15 is 0 Å². The minimum atomic E-state index is -0.642. The van der Waals surface area contributed by atoms with E-state index in [1.807, 2.05) is 13.8 Å². The maximum atomic E-state index is 12.4. The van der Waals surface area contributed by atoms with Crippen molar-refractivity contribution < 1.29 is 19.4 Å². The highest BCUT2D eigenvalue weighted by molar-refractivity contribution is 5.99. The van der Waals surface area contributed by atoms with Crippen molar-refractivity contribution in [2.75, 3.05) is 20.3 Å². The lowest BCUT2D eigenvalue weighted by Gasteiger charge is -2.22. The lowest BCUT2D eigenvalue weighted by molar-refractivity contribution is -0.123. The van der Waals surface area contributed by atoms with Crippen LogP contribution < -0.4 is 15.4 Å². The predicted molar refractivity (Wildman–Crippen MR) is 83.8 cm³/mol. The zero-order valence-electron chi connectivity index (χ0n) is 13.3. The lowest BCUT2D eigenvalue weighted by atomic mass is 10.0. The molecule has 0 radical (unpaired) electrons. The molecule has 0 heterocycles. The van der Waals surface area contributed by atoms with E-state index in [1.165, 1.54) is 7.11 Å². The average molecular weight is 308 g/mol. The summed E-state index contributed by atoms with van der Waals surface area (Å²) in [5.41, 5.74) is 0.388. The molecule has 0 unspecified atom stereocenters. The first kappa shape index (κ1) is 18.0. The van der Waals surface area contributed by atoms with Gasteiger partial charge in [0.1, 0.15) is 11.8 Å². The lowest BCUT2D eigenvalue weighted by Crippen LogP contribution is -2.50. The molecule has 6 heteroatoms. The van der Waals surface area contributed by atoms with Crippen LogP contribution in [0, 0.1) is 5.92 Å². The molecule has 2 amide bonds. The van der Waals surface area contributed by atoms with E-state index in [4.69, 9.17) is 9.84 Å². The molecular formula is C16H24N2O4. The zero-order chi connectivity index (χ0) is 16.5. The van der Waals surface area contributed by atoms with Gasteiger partial charge in [-0.3, -0.25) is 9.59 Å². The predicted octanol–water partition coefficient (Wildman–Crippen LogP) is 0.948. The third-order valence-electron chi connectivity index (χ3n) is 3.22. The summed E-state index contributed by atoms with van der Waals surface area (Å²) >= 11 is 0. The van der Waals surface area contributed by atoms with Crippen LogP contribution >= 0.6 is 0 Å². The van der Waals surface area contributed by atoms with Crippen molar-refractivity contribution >= 4 is 11.8 Å². The number of carbonyl (C=O) groups is 2. The van der Waals surface area contributed by atoms with E-state index in [-0.39, 0.29) is 24.3 Å². The van der Waals surface area contributed by atoms with Gasteiger partial charge >= 0.3 is 0 Å². The zero-order valence-corrected chi connectivity index (χ0v) is 13.3. The van der Waals surface area contributed by atoms with Gasteiger partial charge < -0.3 is 20.5 Å². The summed E-state index contributed by atoms with van der Waals surface area (Å²) in [7, 11) is 1.49. The largest absolute Gasteiger partial charge is 0.496 e. The van der Waals surface area contributed by atoms with Crippen molar-refractivity contribution in [3.05, 3.63) is 29.8 Å². The van der Waals surface area contributed by atoms with Gasteiger partial charge in [-0.25, -0.2) is 0 Å². The van der Waals surface area contributed by atoms with Crippen LogP contribution in [0.5, 0.6) is 5.75 Å². The van der Waals surface area contributed by atoms with Crippen LogP contribution in [0.4, 0.5) is 0 Å². The number of aliphatic hydroxyl groups excluding tert-OH is 1. The number of hydrogen-bond donors (Lipinski definition) is 3. The third kappa shape index (κ3) is 5.04. The Morgan fingerprint density at radius 3 is 2.55 bits per heavy atom. The number of hydrogen-bond acceptors (Lipinski definition) is 4.